The number of rotatable bonds is 7. The van der Waals surface area contributed by atoms with Crippen LogP contribution >= 0.6 is 11.8 Å². The van der Waals surface area contributed by atoms with Crippen LogP contribution in [0.5, 0.6) is 0 Å². The van der Waals surface area contributed by atoms with Gasteiger partial charge in [0.05, 0.1) is 24.7 Å². The fourth-order valence-corrected chi connectivity index (χ4v) is 3.56. The predicted octanol–water partition coefficient (Wildman–Crippen LogP) is 2.03. The van der Waals surface area contributed by atoms with Gasteiger partial charge in [-0.2, -0.15) is 0 Å². The maximum Gasteiger partial charge on any atom is 0.232 e. The minimum absolute atomic E-state index is 0.0177. The van der Waals surface area contributed by atoms with E-state index in [1.54, 1.807) is 0 Å². The van der Waals surface area contributed by atoms with E-state index in [0.717, 1.165) is 41.9 Å². The lowest BCUT2D eigenvalue weighted by atomic mass is 10.2. The van der Waals surface area contributed by atoms with E-state index < -0.39 is 0 Å². The second-order valence-corrected chi connectivity index (χ2v) is 7.09. The number of anilines is 1. The second-order valence-electron chi connectivity index (χ2n) is 6.14. The minimum Gasteiger partial charge on any atom is -0.378 e. The highest BCUT2D eigenvalue weighted by Gasteiger charge is 2.22. The van der Waals surface area contributed by atoms with Crippen molar-refractivity contribution in [1.29, 1.82) is 0 Å². The van der Waals surface area contributed by atoms with E-state index >= 15 is 0 Å². The Morgan fingerprint density at radius 3 is 2.77 bits per heavy atom. The second kappa shape index (κ2) is 9.05. The number of nitrogens with one attached hydrogen (secondary N) is 1. The molecule has 1 aliphatic heterocycles. The molecule has 1 amide bonds. The normalized spacial score (nSPS) is 14.5. The summed E-state index contributed by atoms with van der Waals surface area (Å²) in [5, 5.41) is 12.4. The molecule has 7 nitrogen and oxygen atoms in total. The van der Waals surface area contributed by atoms with Crippen LogP contribution in [0.4, 0.5) is 5.95 Å². The number of hydrogen-bond acceptors (Lipinski definition) is 6. The smallest absolute Gasteiger partial charge is 0.232 e. The van der Waals surface area contributed by atoms with E-state index in [9.17, 15) is 4.79 Å². The lowest BCUT2D eigenvalue weighted by Crippen LogP contribution is -2.38. The molecule has 3 rings (SSSR count). The number of amides is 1. The van der Waals surface area contributed by atoms with Crippen LogP contribution < -0.4 is 10.2 Å². The third-order valence-electron chi connectivity index (χ3n) is 4.17. The number of aryl methyl sites for hydroxylation is 1. The Morgan fingerprint density at radius 1 is 1.27 bits per heavy atom. The number of morpholine rings is 1. The van der Waals surface area contributed by atoms with Gasteiger partial charge in [0.2, 0.25) is 11.9 Å². The third kappa shape index (κ3) is 4.37. The summed E-state index contributed by atoms with van der Waals surface area (Å²) in [6, 6.07) is 8.15. The standard InChI is InChI=1S/C18H25N5O2S/c1-3-8-19-16(24)13-26-18-21-20-17(22-9-11-25-12-10-22)23(18)15-7-5-4-6-14(15)2/h4-7H,3,8-13H2,1-2H3,(H,19,24). The Hall–Kier alpha value is -2.06. The summed E-state index contributed by atoms with van der Waals surface area (Å²) < 4.78 is 7.51. The van der Waals surface area contributed by atoms with E-state index in [1.807, 2.05) is 19.1 Å². The molecule has 0 aliphatic carbocycles. The van der Waals surface area contributed by atoms with Crippen LogP contribution in [0.2, 0.25) is 0 Å². The van der Waals surface area contributed by atoms with E-state index in [-0.39, 0.29) is 5.91 Å². The van der Waals surface area contributed by atoms with E-state index in [0.29, 0.717) is 25.5 Å². The Bertz CT molecular complexity index is 743. The van der Waals surface area contributed by atoms with Crippen LogP contribution in [-0.2, 0) is 9.53 Å². The monoisotopic (exact) mass is 375 g/mol. The fraction of sp³-hybridized carbons (Fsp3) is 0.500. The van der Waals surface area contributed by atoms with Crippen LogP contribution in [0.15, 0.2) is 29.4 Å². The zero-order chi connectivity index (χ0) is 18.4. The summed E-state index contributed by atoms with van der Waals surface area (Å²) in [6.45, 7) is 7.74. The summed E-state index contributed by atoms with van der Waals surface area (Å²) in [7, 11) is 0. The molecule has 1 aromatic carbocycles. The summed E-state index contributed by atoms with van der Waals surface area (Å²) in [6.07, 6.45) is 0.928. The molecule has 0 bridgehead atoms. The molecule has 8 heteroatoms. The molecule has 26 heavy (non-hydrogen) atoms. The summed E-state index contributed by atoms with van der Waals surface area (Å²) in [5.41, 5.74) is 2.18. The number of hydrogen-bond donors (Lipinski definition) is 1. The lowest BCUT2D eigenvalue weighted by molar-refractivity contribution is -0.118. The van der Waals surface area contributed by atoms with Gasteiger partial charge in [0, 0.05) is 19.6 Å². The van der Waals surface area contributed by atoms with Gasteiger partial charge in [0.15, 0.2) is 5.16 Å². The molecular weight excluding hydrogens is 350 g/mol. The first-order valence-corrected chi connectivity index (χ1v) is 9.93. The van der Waals surface area contributed by atoms with Gasteiger partial charge in [0.1, 0.15) is 0 Å². The van der Waals surface area contributed by atoms with Crippen LogP contribution in [0.1, 0.15) is 18.9 Å². The Kier molecular flexibility index (Phi) is 6.51. The summed E-state index contributed by atoms with van der Waals surface area (Å²) in [5.74, 6) is 1.15. The number of para-hydroxylation sites is 1. The Balaban J connectivity index is 1.88. The molecule has 1 aromatic heterocycles. The van der Waals surface area contributed by atoms with Crippen molar-refractivity contribution in [2.75, 3.05) is 43.5 Å². The molecule has 2 heterocycles. The zero-order valence-corrected chi connectivity index (χ0v) is 16.1. The van der Waals surface area contributed by atoms with Gasteiger partial charge in [-0.05, 0) is 25.0 Å². The number of nitrogens with zero attached hydrogens (tertiary/aromatic N) is 4. The lowest BCUT2D eigenvalue weighted by Gasteiger charge is -2.28. The molecule has 0 unspecified atom stereocenters. The SMILES string of the molecule is CCCNC(=O)CSc1nnc(N2CCOCC2)n1-c1ccccc1C. The van der Waals surface area contributed by atoms with Crippen molar-refractivity contribution in [1.82, 2.24) is 20.1 Å². The first-order valence-electron chi connectivity index (χ1n) is 8.94. The van der Waals surface area contributed by atoms with E-state index in [1.165, 1.54) is 11.8 Å². The number of thioether (sulfide) groups is 1. The van der Waals surface area contributed by atoms with Gasteiger partial charge < -0.3 is 15.0 Å². The average Bonchev–Trinajstić information content (AvgIpc) is 3.09. The van der Waals surface area contributed by atoms with Gasteiger partial charge in [-0.15, -0.1) is 10.2 Å². The van der Waals surface area contributed by atoms with Crippen LogP contribution in [0.3, 0.4) is 0 Å². The minimum atomic E-state index is 0.0177. The van der Waals surface area contributed by atoms with Gasteiger partial charge in [0.25, 0.3) is 0 Å². The quantitative estimate of drug-likeness (QED) is 0.747. The molecule has 1 N–H and O–H groups in total. The summed E-state index contributed by atoms with van der Waals surface area (Å²) >= 11 is 1.41. The van der Waals surface area contributed by atoms with Crippen molar-refractivity contribution in [2.45, 2.75) is 25.4 Å². The Morgan fingerprint density at radius 2 is 2.04 bits per heavy atom. The maximum atomic E-state index is 12.0. The molecule has 140 valence electrons. The van der Waals surface area contributed by atoms with Crippen LogP contribution in [0, 0.1) is 6.92 Å². The predicted molar refractivity (Wildman–Crippen MR) is 103 cm³/mol. The molecule has 0 spiro atoms. The molecule has 0 atom stereocenters. The molecule has 1 fully saturated rings. The highest BCUT2D eigenvalue weighted by atomic mass is 32.2. The first-order chi connectivity index (χ1) is 12.7. The van der Waals surface area contributed by atoms with Gasteiger partial charge >= 0.3 is 0 Å². The van der Waals surface area contributed by atoms with Crippen LogP contribution in [-0.4, -0.2) is 59.3 Å². The number of ether oxygens (including phenoxy) is 1. The molecule has 0 saturated carbocycles. The summed E-state index contributed by atoms with van der Waals surface area (Å²) in [4.78, 5) is 14.2. The van der Waals surface area contributed by atoms with Gasteiger partial charge in [-0.25, -0.2) is 0 Å². The maximum absolute atomic E-state index is 12.0. The molecular formula is C18H25N5O2S. The fourth-order valence-electron chi connectivity index (χ4n) is 2.79. The average molecular weight is 375 g/mol. The largest absolute Gasteiger partial charge is 0.378 e. The van der Waals surface area contributed by atoms with Crippen molar-refractivity contribution in [3.8, 4) is 5.69 Å². The van der Waals surface area contributed by atoms with Crippen molar-refractivity contribution in [3.63, 3.8) is 0 Å². The van der Waals surface area contributed by atoms with Crippen molar-refractivity contribution in [2.24, 2.45) is 0 Å². The Labute approximate surface area is 158 Å². The van der Waals surface area contributed by atoms with Crippen molar-refractivity contribution < 1.29 is 9.53 Å². The first kappa shape index (κ1) is 18.7. The number of carbonyl (C=O) groups excluding carboxylic acids is 1. The number of carbonyl (C=O) groups is 1. The molecule has 1 aliphatic rings. The van der Waals surface area contributed by atoms with Gasteiger partial charge in [-0.3, -0.25) is 9.36 Å². The zero-order valence-electron chi connectivity index (χ0n) is 15.3. The van der Waals surface area contributed by atoms with E-state index in [2.05, 4.69) is 44.0 Å². The van der Waals surface area contributed by atoms with Gasteiger partial charge in [-0.1, -0.05) is 36.9 Å². The highest BCUT2D eigenvalue weighted by Crippen LogP contribution is 2.28. The van der Waals surface area contributed by atoms with Crippen molar-refractivity contribution >= 4 is 23.6 Å². The van der Waals surface area contributed by atoms with E-state index in [4.69, 9.17) is 4.74 Å². The van der Waals surface area contributed by atoms with Crippen molar-refractivity contribution in [3.05, 3.63) is 29.8 Å². The highest BCUT2D eigenvalue weighted by molar-refractivity contribution is 7.99. The molecule has 2 aromatic rings. The topological polar surface area (TPSA) is 72.3 Å². The number of aromatic nitrogens is 3. The molecule has 0 radical (unpaired) electrons. The molecule has 1 saturated heterocycles. The third-order valence-corrected chi connectivity index (χ3v) is 5.10. The number of benzene rings is 1. The van der Waals surface area contributed by atoms with Crippen LogP contribution in [0.25, 0.3) is 5.69 Å².